The standard InChI is InChI=1S/C16H16N2O/c17-15-10-14(15)11-5-4-6-12(9-11)16(19)18-13-7-2-1-3-8-13/h1-9,14-15H,10,17H2,(H,18,19). The molecular formula is C16H16N2O. The number of hydrogen-bond donors (Lipinski definition) is 2. The van der Waals surface area contributed by atoms with Gasteiger partial charge in [-0.05, 0) is 36.2 Å². The lowest BCUT2D eigenvalue weighted by Crippen LogP contribution is -2.12. The molecule has 1 aliphatic carbocycles. The molecule has 3 rings (SSSR count). The van der Waals surface area contributed by atoms with Crippen LogP contribution < -0.4 is 11.1 Å². The van der Waals surface area contributed by atoms with E-state index in [4.69, 9.17) is 5.73 Å². The van der Waals surface area contributed by atoms with Crippen molar-refractivity contribution in [3.63, 3.8) is 0 Å². The molecule has 2 aromatic rings. The highest BCUT2D eigenvalue weighted by Crippen LogP contribution is 2.39. The average Bonchev–Trinajstić information content (AvgIpc) is 3.17. The second-order valence-electron chi connectivity index (χ2n) is 4.95. The van der Waals surface area contributed by atoms with Crippen molar-refractivity contribution in [2.75, 3.05) is 5.32 Å². The fourth-order valence-corrected chi connectivity index (χ4v) is 2.23. The van der Waals surface area contributed by atoms with Crippen LogP contribution in [0.2, 0.25) is 0 Å². The van der Waals surface area contributed by atoms with E-state index in [1.165, 1.54) is 0 Å². The fraction of sp³-hybridized carbons (Fsp3) is 0.188. The zero-order valence-corrected chi connectivity index (χ0v) is 10.5. The molecule has 96 valence electrons. The maximum absolute atomic E-state index is 12.1. The minimum Gasteiger partial charge on any atom is -0.327 e. The predicted octanol–water partition coefficient (Wildman–Crippen LogP) is 2.75. The van der Waals surface area contributed by atoms with Gasteiger partial charge in [0.2, 0.25) is 0 Å². The van der Waals surface area contributed by atoms with E-state index in [0.29, 0.717) is 11.5 Å². The van der Waals surface area contributed by atoms with E-state index >= 15 is 0 Å². The smallest absolute Gasteiger partial charge is 0.255 e. The summed E-state index contributed by atoms with van der Waals surface area (Å²) < 4.78 is 0. The van der Waals surface area contributed by atoms with Gasteiger partial charge < -0.3 is 11.1 Å². The molecule has 1 aliphatic rings. The third kappa shape index (κ3) is 2.66. The van der Waals surface area contributed by atoms with Crippen molar-refractivity contribution in [1.29, 1.82) is 0 Å². The molecule has 2 aromatic carbocycles. The Hall–Kier alpha value is -2.13. The molecule has 0 spiro atoms. The van der Waals surface area contributed by atoms with Crippen molar-refractivity contribution in [3.8, 4) is 0 Å². The number of nitrogens with two attached hydrogens (primary N) is 1. The first-order valence-corrected chi connectivity index (χ1v) is 6.46. The number of para-hydroxylation sites is 1. The lowest BCUT2D eigenvalue weighted by molar-refractivity contribution is 0.102. The van der Waals surface area contributed by atoms with Gasteiger partial charge in [-0.3, -0.25) is 4.79 Å². The summed E-state index contributed by atoms with van der Waals surface area (Å²) in [5.74, 6) is 0.340. The van der Waals surface area contributed by atoms with Crippen molar-refractivity contribution in [1.82, 2.24) is 0 Å². The third-order valence-electron chi connectivity index (χ3n) is 3.45. The van der Waals surface area contributed by atoms with Crippen LogP contribution in [0.3, 0.4) is 0 Å². The Bertz CT molecular complexity index is 595. The van der Waals surface area contributed by atoms with E-state index in [0.717, 1.165) is 17.7 Å². The van der Waals surface area contributed by atoms with E-state index in [1.54, 1.807) is 0 Å². The molecule has 3 heteroatoms. The highest BCUT2D eigenvalue weighted by molar-refractivity contribution is 6.04. The summed E-state index contributed by atoms with van der Waals surface area (Å²) in [5.41, 5.74) is 8.50. The lowest BCUT2D eigenvalue weighted by Gasteiger charge is -2.06. The molecule has 2 atom stereocenters. The van der Waals surface area contributed by atoms with E-state index in [-0.39, 0.29) is 11.9 Å². The first-order chi connectivity index (χ1) is 9.24. The van der Waals surface area contributed by atoms with Crippen LogP contribution in [0, 0.1) is 0 Å². The van der Waals surface area contributed by atoms with Crippen molar-refractivity contribution in [2.45, 2.75) is 18.4 Å². The van der Waals surface area contributed by atoms with E-state index in [2.05, 4.69) is 5.32 Å². The van der Waals surface area contributed by atoms with Crippen molar-refractivity contribution in [3.05, 3.63) is 65.7 Å². The summed E-state index contributed by atoms with van der Waals surface area (Å²) in [6.07, 6.45) is 1.02. The first kappa shape index (κ1) is 11.9. The quantitative estimate of drug-likeness (QED) is 0.882. The Labute approximate surface area is 112 Å². The van der Waals surface area contributed by atoms with Gasteiger partial charge in [-0.2, -0.15) is 0 Å². The van der Waals surface area contributed by atoms with Crippen LogP contribution in [-0.4, -0.2) is 11.9 Å². The molecule has 0 heterocycles. The predicted molar refractivity (Wildman–Crippen MR) is 76.2 cm³/mol. The van der Waals surface area contributed by atoms with Crippen molar-refractivity contribution in [2.24, 2.45) is 5.73 Å². The Balaban J connectivity index is 1.76. The van der Waals surface area contributed by atoms with Gasteiger partial charge in [-0.1, -0.05) is 30.3 Å². The number of nitrogens with one attached hydrogen (secondary N) is 1. The molecule has 3 nitrogen and oxygen atoms in total. The second-order valence-corrected chi connectivity index (χ2v) is 4.95. The number of carbonyl (C=O) groups is 1. The number of rotatable bonds is 3. The number of carbonyl (C=O) groups excluding carboxylic acids is 1. The summed E-state index contributed by atoms with van der Waals surface area (Å²) in [4.78, 5) is 12.1. The molecule has 1 fully saturated rings. The Morgan fingerprint density at radius 2 is 1.84 bits per heavy atom. The van der Waals surface area contributed by atoms with Gasteiger partial charge in [0, 0.05) is 23.2 Å². The van der Waals surface area contributed by atoms with Gasteiger partial charge in [-0.15, -0.1) is 0 Å². The topological polar surface area (TPSA) is 55.1 Å². The molecular weight excluding hydrogens is 236 g/mol. The highest BCUT2D eigenvalue weighted by atomic mass is 16.1. The second kappa shape index (κ2) is 4.86. The Morgan fingerprint density at radius 1 is 1.11 bits per heavy atom. The zero-order chi connectivity index (χ0) is 13.2. The summed E-state index contributed by atoms with van der Waals surface area (Å²) in [7, 11) is 0. The van der Waals surface area contributed by atoms with Gasteiger partial charge >= 0.3 is 0 Å². The molecule has 1 amide bonds. The number of anilines is 1. The number of amides is 1. The monoisotopic (exact) mass is 252 g/mol. The molecule has 0 bridgehead atoms. The minimum absolute atomic E-state index is 0.0812. The van der Waals surface area contributed by atoms with Crippen LogP contribution >= 0.6 is 0 Å². The maximum atomic E-state index is 12.1. The maximum Gasteiger partial charge on any atom is 0.255 e. The van der Waals surface area contributed by atoms with Crippen LogP contribution in [-0.2, 0) is 0 Å². The SMILES string of the molecule is NC1CC1c1cccc(C(=O)Nc2ccccc2)c1. The molecule has 0 radical (unpaired) electrons. The van der Waals surface area contributed by atoms with Crippen LogP contribution in [0.4, 0.5) is 5.69 Å². The van der Waals surface area contributed by atoms with Crippen LogP contribution in [0.15, 0.2) is 54.6 Å². The summed E-state index contributed by atoms with van der Waals surface area (Å²) in [6, 6.07) is 17.4. The minimum atomic E-state index is -0.0812. The number of hydrogen-bond acceptors (Lipinski definition) is 2. The molecule has 0 saturated heterocycles. The molecule has 0 aromatic heterocycles. The Kier molecular flexibility index (Phi) is 3.05. The fourth-order valence-electron chi connectivity index (χ4n) is 2.23. The van der Waals surface area contributed by atoms with Crippen LogP contribution in [0.25, 0.3) is 0 Å². The van der Waals surface area contributed by atoms with Gasteiger partial charge in [-0.25, -0.2) is 0 Å². The first-order valence-electron chi connectivity index (χ1n) is 6.46. The zero-order valence-electron chi connectivity index (χ0n) is 10.5. The van der Waals surface area contributed by atoms with Gasteiger partial charge in [0.1, 0.15) is 0 Å². The average molecular weight is 252 g/mol. The lowest BCUT2D eigenvalue weighted by atomic mass is 10.1. The van der Waals surface area contributed by atoms with E-state index < -0.39 is 0 Å². The number of benzene rings is 2. The van der Waals surface area contributed by atoms with Gasteiger partial charge in [0.25, 0.3) is 5.91 Å². The van der Waals surface area contributed by atoms with Crippen molar-refractivity contribution >= 4 is 11.6 Å². The largest absolute Gasteiger partial charge is 0.327 e. The molecule has 3 N–H and O–H groups in total. The van der Waals surface area contributed by atoms with Crippen molar-refractivity contribution < 1.29 is 4.79 Å². The van der Waals surface area contributed by atoms with Gasteiger partial charge in [0.15, 0.2) is 0 Å². The molecule has 1 saturated carbocycles. The highest BCUT2D eigenvalue weighted by Gasteiger charge is 2.34. The third-order valence-corrected chi connectivity index (χ3v) is 3.45. The van der Waals surface area contributed by atoms with Gasteiger partial charge in [0.05, 0.1) is 0 Å². The molecule has 0 aliphatic heterocycles. The van der Waals surface area contributed by atoms with Crippen LogP contribution in [0.1, 0.15) is 28.3 Å². The summed E-state index contributed by atoms with van der Waals surface area (Å²) in [6.45, 7) is 0. The Morgan fingerprint density at radius 3 is 2.53 bits per heavy atom. The summed E-state index contributed by atoms with van der Waals surface area (Å²) in [5, 5.41) is 2.89. The molecule has 19 heavy (non-hydrogen) atoms. The van der Waals surface area contributed by atoms with E-state index in [1.807, 2.05) is 54.6 Å². The van der Waals surface area contributed by atoms with Crippen LogP contribution in [0.5, 0.6) is 0 Å². The normalized spacial score (nSPS) is 20.9. The van der Waals surface area contributed by atoms with E-state index in [9.17, 15) is 4.79 Å². The molecule has 2 unspecified atom stereocenters. The summed E-state index contributed by atoms with van der Waals surface area (Å²) >= 11 is 0.